The molecule has 2 aliphatic heterocycles. The molecule has 1 spiro atoms. The van der Waals surface area contributed by atoms with E-state index in [1.807, 2.05) is 56.0 Å². The number of hydrogen-bond donors (Lipinski definition) is 0. The molecule has 3 rings (SSSR count). The molecule has 136 valence electrons. The maximum atomic E-state index is 13.3. The molecule has 5 heteroatoms. The topological polar surface area (TPSA) is 49.9 Å². The van der Waals surface area contributed by atoms with Crippen molar-refractivity contribution in [1.29, 1.82) is 0 Å². The van der Waals surface area contributed by atoms with Crippen LogP contribution in [0.4, 0.5) is 4.79 Å². The highest BCUT2D eigenvalue weighted by Gasteiger charge is 2.56. The van der Waals surface area contributed by atoms with E-state index in [9.17, 15) is 9.59 Å². The van der Waals surface area contributed by atoms with Crippen LogP contribution < -0.4 is 0 Å². The Hall–Kier alpha value is -2.04. The van der Waals surface area contributed by atoms with E-state index in [0.717, 1.165) is 18.4 Å². The third kappa shape index (κ3) is 3.24. The zero-order chi connectivity index (χ0) is 18.2. The fourth-order valence-corrected chi connectivity index (χ4v) is 4.01. The molecule has 1 aromatic carbocycles. The van der Waals surface area contributed by atoms with Gasteiger partial charge in [0.15, 0.2) is 0 Å². The molecule has 2 saturated heterocycles. The molecule has 0 unspecified atom stereocenters. The van der Waals surface area contributed by atoms with E-state index >= 15 is 0 Å². The van der Waals surface area contributed by atoms with Gasteiger partial charge in [0, 0.05) is 13.1 Å². The summed E-state index contributed by atoms with van der Waals surface area (Å²) >= 11 is 0. The van der Waals surface area contributed by atoms with E-state index in [-0.39, 0.29) is 18.0 Å². The van der Waals surface area contributed by atoms with Crippen LogP contribution in [0.2, 0.25) is 0 Å². The summed E-state index contributed by atoms with van der Waals surface area (Å²) in [5, 5.41) is 0. The number of hydrogen-bond acceptors (Lipinski definition) is 3. The Labute approximate surface area is 149 Å². The lowest BCUT2D eigenvalue weighted by molar-refractivity contribution is -0.138. The first-order valence-corrected chi connectivity index (χ1v) is 9.11. The predicted molar refractivity (Wildman–Crippen MR) is 96.1 cm³/mol. The molecule has 2 fully saturated rings. The summed E-state index contributed by atoms with van der Waals surface area (Å²) in [4.78, 5) is 29.5. The van der Waals surface area contributed by atoms with Crippen LogP contribution in [0.3, 0.4) is 0 Å². The molecule has 0 aliphatic carbocycles. The summed E-state index contributed by atoms with van der Waals surface area (Å²) in [5.74, 6) is 0.0622. The zero-order valence-corrected chi connectivity index (χ0v) is 15.6. The Morgan fingerprint density at radius 2 is 1.84 bits per heavy atom. The molecule has 5 nitrogen and oxygen atoms in total. The summed E-state index contributed by atoms with van der Waals surface area (Å²) < 4.78 is 5.55. The van der Waals surface area contributed by atoms with Gasteiger partial charge in [0.25, 0.3) is 0 Å². The Morgan fingerprint density at radius 1 is 1.16 bits per heavy atom. The van der Waals surface area contributed by atoms with Crippen molar-refractivity contribution in [3.63, 3.8) is 0 Å². The minimum absolute atomic E-state index is 0.00848. The normalized spacial score (nSPS) is 24.9. The molecule has 0 N–H and O–H groups in total. The fraction of sp³-hybridized carbons (Fsp3) is 0.600. The van der Waals surface area contributed by atoms with E-state index in [1.165, 1.54) is 0 Å². The highest BCUT2D eigenvalue weighted by atomic mass is 16.6. The maximum absolute atomic E-state index is 13.3. The predicted octanol–water partition coefficient (Wildman–Crippen LogP) is 3.75. The minimum atomic E-state index is -0.717. The molecule has 2 heterocycles. The monoisotopic (exact) mass is 344 g/mol. The van der Waals surface area contributed by atoms with Gasteiger partial charge >= 0.3 is 6.09 Å². The number of likely N-dealkylation sites (tertiary alicyclic amines) is 2. The van der Waals surface area contributed by atoms with E-state index in [2.05, 4.69) is 6.92 Å². The van der Waals surface area contributed by atoms with Crippen LogP contribution in [0.15, 0.2) is 30.3 Å². The summed E-state index contributed by atoms with van der Waals surface area (Å²) in [6, 6.07) is 10.1. The molecule has 0 bridgehead atoms. The summed E-state index contributed by atoms with van der Waals surface area (Å²) in [6.07, 6.45) is 1.89. The van der Waals surface area contributed by atoms with Gasteiger partial charge in [0.1, 0.15) is 11.1 Å². The van der Waals surface area contributed by atoms with Gasteiger partial charge in [-0.25, -0.2) is 4.79 Å². The third-order valence-electron chi connectivity index (χ3n) is 5.28. The first-order chi connectivity index (χ1) is 11.7. The van der Waals surface area contributed by atoms with Crippen molar-refractivity contribution in [2.75, 3.05) is 13.1 Å². The minimum Gasteiger partial charge on any atom is -0.444 e. The number of carbonyl (C=O) groups is 2. The average molecular weight is 344 g/mol. The second kappa shape index (κ2) is 6.36. The van der Waals surface area contributed by atoms with Gasteiger partial charge in [-0.2, -0.15) is 0 Å². The number of benzene rings is 1. The van der Waals surface area contributed by atoms with Gasteiger partial charge in [-0.15, -0.1) is 0 Å². The Kier molecular flexibility index (Phi) is 4.52. The van der Waals surface area contributed by atoms with Gasteiger partial charge < -0.3 is 9.64 Å². The molecule has 25 heavy (non-hydrogen) atoms. The molecule has 1 aromatic rings. The van der Waals surface area contributed by atoms with Crippen LogP contribution in [0.5, 0.6) is 0 Å². The lowest BCUT2D eigenvalue weighted by atomic mass is 9.94. The Morgan fingerprint density at radius 3 is 2.48 bits per heavy atom. The first kappa shape index (κ1) is 17.8. The van der Waals surface area contributed by atoms with E-state index in [1.54, 1.807) is 4.90 Å². The maximum Gasteiger partial charge on any atom is 0.411 e. The quantitative estimate of drug-likeness (QED) is 0.821. The number of amides is 2. The second-order valence-electron chi connectivity index (χ2n) is 8.10. The van der Waals surface area contributed by atoms with Crippen molar-refractivity contribution in [2.45, 2.75) is 64.1 Å². The Bertz CT molecular complexity index is 653. The standard InChI is InChI=1S/C20H28N2O3/c1-15(16-9-6-5-7-10-16)21-14-12-20(17(21)23)11-8-13-22(20)18(24)25-19(2,3)4/h5-7,9-10,15H,8,11-14H2,1-4H3/t15-,20-/m0/s1. The van der Waals surface area contributed by atoms with Crippen molar-refractivity contribution >= 4 is 12.0 Å². The molecular formula is C20H28N2O3. The second-order valence-corrected chi connectivity index (χ2v) is 8.10. The van der Waals surface area contributed by atoms with Crippen LogP contribution in [0.1, 0.15) is 58.6 Å². The zero-order valence-electron chi connectivity index (χ0n) is 15.6. The van der Waals surface area contributed by atoms with Crippen LogP contribution in [0, 0.1) is 0 Å². The van der Waals surface area contributed by atoms with Crippen LogP contribution in [-0.2, 0) is 9.53 Å². The van der Waals surface area contributed by atoms with Gasteiger partial charge in [-0.1, -0.05) is 30.3 Å². The number of ether oxygens (including phenoxy) is 1. The van der Waals surface area contributed by atoms with Crippen LogP contribution >= 0.6 is 0 Å². The lowest BCUT2D eigenvalue weighted by Gasteiger charge is -2.35. The highest BCUT2D eigenvalue weighted by molar-refractivity contribution is 5.92. The van der Waals surface area contributed by atoms with E-state index in [0.29, 0.717) is 19.5 Å². The van der Waals surface area contributed by atoms with Crippen molar-refractivity contribution in [3.05, 3.63) is 35.9 Å². The van der Waals surface area contributed by atoms with Gasteiger partial charge in [-0.3, -0.25) is 9.69 Å². The SMILES string of the molecule is C[C@@H](c1ccccc1)N1CC[C@@]2(CCCN2C(=O)OC(C)(C)C)C1=O. The molecule has 2 atom stereocenters. The Balaban J connectivity index is 1.80. The molecule has 2 amide bonds. The van der Waals surface area contributed by atoms with E-state index < -0.39 is 11.1 Å². The molecule has 0 saturated carbocycles. The van der Waals surface area contributed by atoms with E-state index in [4.69, 9.17) is 4.74 Å². The van der Waals surface area contributed by atoms with Crippen molar-refractivity contribution < 1.29 is 14.3 Å². The third-order valence-corrected chi connectivity index (χ3v) is 5.28. The van der Waals surface area contributed by atoms with Crippen LogP contribution in [-0.4, -0.2) is 46.0 Å². The highest BCUT2D eigenvalue weighted by Crippen LogP contribution is 2.42. The number of carbonyl (C=O) groups excluding carboxylic acids is 2. The number of nitrogens with zero attached hydrogens (tertiary/aromatic N) is 2. The van der Waals surface area contributed by atoms with Crippen molar-refractivity contribution in [1.82, 2.24) is 9.80 Å². The summed E-state index contributed by atoms with van der Waals surface area (Å²) in [7, 11) is 0. The van der Waals surface area contributed by atoms with Gasteiger partial charge in [-0.05, 0) is 52.5 Å². The fourth-order valence-electron chi connectivity index (χ4n) is 4.01. The summed E-state index contributed by atoms with van der Waals surface area (Å²) in [6.45, 7) is 8.89. The van der Waals surface area contributed by atoms with Crippen LogP contribution in [0.25, 0.3) is 0 Å². The largest absolute Gasteiger partial charge is 0.444 e. The van der Waals surface area contributed by atoms with Gasteiger partial charge in [0.2, 0.25) is 5.91 Å². The molecule has 2 aliphatic rings. The summed E-state index contributed by atoms with van der Waals surface area (Å²) in [5.41, 5.74) is -0.153. The first-order valence-electron chi connectivity index (χ1n) is 9.11. The molecular weight excluding hydrogens is 316 g/mol. The molecule has 0 radical (unpaired) electrons. The van der Waals surface area contributed by atoms with Crippen molar-refractivity contribution in [2.24, 2.45) is 0 Å². The van der Waals surface area contributed by atoms with Gasteiger partial charge in [0.05, 0.1) is 6.04 Å². The number of rotatable bonds is 2. The molecule has 0 aromatic heterocycles. The van der Waals surface area contributed by atoms with Crippen molar-refractivity contribution in [3.8, 4) is 0 Å². The lowest BCUT2D eigenvalue weighted by Crippen LogP contribution is -2.54. The average Bonchev–Trinajstić information content (AvgIpc) is 3.12. The smallest absolute Gasteiger partial charge is 0.411 e.